The van der Waals surface area contributed by atoms with Gasteiger partial charge in [-0.3, -0.25) is 0 Å². The molecule has 0 spiro atoms. The molecule has 0 aliphatic carbocycles. The molecule has 0 saturated heterocycles. The van der Waals surface area contributed by atoms with Gasteiger partial charge in [-0.2, -0.15) is 0 Å². The number of nitrogens with one attached hydrogen (secondary N) is 3. The number of fused-ring (bicyclic) bond motifs is 1. The van der Waals surface area contributed by atoms with Gasteiger partial charge in [0.05, 0.1) is 16.9 Å². The summed E-state index contributed by atoms with van der Waals surface area (Å²) < 4.78 is 5.31. The molecular weight excluding hydrogens is 242 g/mol. The number of ether oxygens (including phenoxy) is 1. The van der Waals surface area contributed by atoms with Crippen LogP contribution in [0.15, 0.2) is 42.5 Å². The van der Waals surface area contributed by atoms with Gasteiger partial charge in [0.1, 0.15) is 5.75 Å². The molecular formula is C14H13N3O2. The van der Waals surface area contributed by atoms with Crippen LogP contribution in [-0.2, 0) is 0 Å². The fourth-order valence-electron chi connectivity index (χ4n) is 1.82. The van der Waals surface area contributed by atoms with Crippen molar-refractivity contribution in [2.75, 3.05) is 10.9 Å². The summed E-state index contributed by atoms with van der Waals surface area (Å²) in [6.07, 6.45) is 0. The number of hydrogen-bond acceptors (Lipinski definition) is 5. The van der Waals surface area contributed by atoms with Crippen LogP contribution in [0.1, 0.15) is 15.9 Å². The largest absolute Gasteiger partial charge is 0.423 e. The van der Waals surface area contributed by atoms with Gasteiger partial charge in [0, 0.05) is 0 Å². The van der Waals surface area contributed by atoms with Crippen molar-refractivity contribution >= 4 is 17.3 Å². The van der Waals surface area contributed by atoms with E-state index >= 15 is 0 Å². The fourth-order valence-corrected chi connectivity index (χ4v) is 1.82. The molecule has 5 nitrogen and oxygen atoms in total. The number of esters is 1. The third-order valence-electron chi connectivity index (χ3n) is 2.88. The average Bonchev–Trinajstić information content (AvgIpc) is 2.88. The first kappa shape index (κ1) is 11.6. The van der Waals surface area contributed by atoms with Gasteiger partial charge in [0.25, 0.3) is 0 Å². The second-order valence-electron chi connectivity index (χ2n) is 4.34. The minimum atomic E-state index is -0.375. The molecule has 0 fully saturated rings. The van der Waals surface area contributed by atoms with E-state index in [1.54, 1.807) is 24.3 Å². The lowest BCUT2D eigenvalue weighted by Crippen LogP contribution is -2.19. The molecule has 0 unspecified atom stereocenters. The lowest BCUT2D eigenvalue weighted by molar-refractivity contribution is 0.0735. The van der Waals surface area contributed by atoms with Crippen LogP contribution < -0.4 is 21.1 Å². The first-order valence-electron chi connectivity index (χ1n) is 5.92. The van der Waals surface area contributed by atoms with Crippen LogP contribution in [0.2, 0.25) is 0 Å². The Morgan fingerprint density at radius 2 is 1.74 bits per heavy atom. The minimum Gasteiger partial charge on any atom is -0.423 e. The van der Waals surface area contributed by atoms with Crippen LogP contribution in [0.5, 0.6) is 5.75 Å². The number of carbonyl (C=O) groups excluding carboxylic acids is 1. The van der Waals surface area contributed by atoms with Crippen LogP contribution in [0, 0.1) is 6.92 Å². The van der Waals surface area contributed by atoms with Gasteiger partial charge in [-0.25, -0.2) is 4.79 Å². The monoisotopic (exact) mass is 255 g/mol. The van der Waals surface area contributed by atoms with Gasteiger partial charge in [-0.15, -0.1) is 5.53 Å². The number of carbonyl (C=O) groups is 1. The van der Waals surface area contributed by atoms with Crippen molar-refractivity contribution in [1.29, 1.82) is 0 Å². The van der Waals surface area contributed by atoms with Crippen molar-refractivity contribution in [3.63, 3.8) is 0 Å². The maximum Gasteiger partial charge on any atom is 0.343 e. The second-order valence-corrected chi connectivity index (χ2v) is 4.34. The standard InChI is InChI=1S/C14H13N3O2/c1-9-2-5-11(6-3-9)19-14(18)10-4-7-12-13(8-10)16-17-15-12/h2-8,15-17H,1H3. The SMILES string of the molecule is Cc1ccc(OC(=O)c2ccc3c(c2)NNN3)cc1. The van der Waals surface area contributed by atoms with Crippen LogP contribution in [0.25, 0.3) is 0 Å². The Labute approximate surface area is 110 Å². The topological polar surface area (TPSA) is 62.4 Å². The van der Waals surface area contributed by atoms with E-state index in [2.05, 4.69) is 16.4 Å². The molecule has 0 atom stereocenters. The van der Waals surface area contributed by atoms with E-state index in [0.29, 0.717) is 11.3 Å². The maximum atomic E-state index is 12.0. The smallest absolute Gasteiger partial charge is 0.343 e. The fraction of sp³-hybridized carbons (Fsp3) is 0.0714. The van der Waals surface area contributed by atoms with Crippen molar-refractivity contribution in [3.05, 3.63) is 53.6 Å². The lowest BCUT2D eigenvalue weighted by Gasteiger charge is -2.05. The van der Waals surface area contributed by atoms with Crippen LogP contribution >= 0.6 is 0 Å². The molecule has 2 aromatic rings. The third kappa shape index (κ3) is 2.36. The predicted octanol–water partition coefficient (Wildman–Crippen LogP) is 2.47. The van der Waals surface area contributed by atoms with E-state index in [4.69, 9.17) is 4.74 Å². The van der Waals surface area contributed by atoms with E-state index in [0.717, 1.165) is 16.9 Å². The van der Waals surface area contributed by atoms with Gasteiger partial charge in [-0.1, -0.05) is 17.7 Å². The zero-order valence-corrected chi connectivity index (χ0v) is 10.4. The number of hydrazine groups is 2. The molecule has 0 amide bonds. The summed E-state index contributed by atoms with van der Waals surface area (Å²) >= 11 is 0. The molecule has 0 bridgehead atoms. The summed E-state index contributed by atoms with van der Waals surface area (Å²) in [6.45, 7) is 1.98. The number of anilines is 2. The van der Waals surface area contributed by atoms with E-state index < -0.39 is 0 Å². The Morgan fingerprint density at radius 1 is 1.00 bits per heavy atom. The van der Waals surface area contributed by atoms with E-state index in [9.17, 15) is 4.79 Å². The quantitative estimate of drug-likeness (QED) is 0.568. The van der Waals surface area contributed by atoms with Crippen LogP contribution in [-0.4, -0.2) is 5.97 Å². The first-order valence-corrected chi connectivity index (χ1v) is 5.92. The van der Waals surface area contributed by atoms with Crippen molar-refractivity contribution in [2.24, 2.45) is 0 Å². The molecule has 0 radical (unpaired) electrons. The normalized spacial score (nSPS) is 12.3. The number of hydrogen-bond donors (Lipinski definition) is 3. The molecule has 19 heavy (non-hydrogen) atoms. The highest BCUT2D eigenvalue weighted by atomic mass is 16.5. The summed E-state index contributed by atoms with van der Waals surface area (Å²) in [5.41, 5.74) is 11.9. The summed E-state index contributed by atoms with van der Waals surface area (Å²) in [7, 11) is 0. The number of rotatable bonds is 2. The van der Waals surface area contributed by atoms with Gasteiger partial charge in [0.2, 0.25) is 0 Å². The summed E-state index contributed by atoms with van der Waals surface area (Å²) in [5, 5.41) is 0. The zero-order valence-electron chi connectivity index (χ0n) is 10.4. The average molecular weight is 255 g/mol. The van der Waals surface area contributed by atoms with Crippen molar-refractivity contribution in [1.82, 2.24) is 5.53 Å². The van der Waals surface area contributed by atoms with Crippen molar-refractivity contribution in [3.8, 4) is 5.75 Å². The Bertz CT molecular complexity index is 623. The molecule has 0 aromatic heterocycles. The second kappa shape index (κ2) is 4.62. The molecule has 5 heteroatoms. The predicted molar refractivity (Wildman–Crippen MR) is 73.0 cm³/mol. The van der Waals surface area contributed by atoms with Gasteiger partial charge < -0.3 is 15.6 Å². The third-order valence-corrected chi connectivity index (χ3v) is 2.88. The Kier molecular flexibility index (Phi) is 2.81. The Balaban J connectivity index is 1.78. The molecule has 1 aliphatic rings. The molecule has 3 N–H and O–H groups in total. The lowest BCUT2D eigenvalue weighted by atomic mass is 10.2. The van der Waals surface area contributed by atoms with Gasteiger partial charge >= 0.3 is 5.97 Å². The number of aryl methyl sites for hydroxylation is 1. The van der Waals surface area contributed by atoms with Crippen LogP contribution in [0.4, 0.5) is 11.4 Å². The zero-order chi connectivity index (χ0) is 13.2. The van der Waals surface area contributed by atoms with Crippen molar-refractivity contribution in [2.45, 2.75) is 6.92 Å². The Morgan fingerprint density at radius 3 is 2.53 bits per heavy atom. The molecule has 1 heterocycles. The molecule has 3 rings (SSSR count). The highest BCUT2D eigenvalue weighted by Crippen LogP contribution is 2.25. The summed E-state index contributed by atoms with van der Waals surface area (Å²) in [6, 6.07) is 12.6. The first-order chi connectivity index (χ1) is 9.22. The van der Waals surface area contributed by atoms with Crippen LogP contribution in [0.3, 0.4) is 0 Å². The van der Waals surface area contributed by atoms with Crippen molar-refractivity contribution < 1.29 is 9.53 Å². The summed E-state index contributed by atoms with van der Waals surface area (Å²) in [5.74, 6) is 0.167. The number of benzene rings is 2. The summed E-state index contributed by atoms with van der Waals surface area (Å²) in [4.78, 5) is 12.0. The van der Waals surface area contributed by atoms with Gasteiger partial charge in [0.15, 0.2) is 0 Å². The van der Waals surface area contributed by atoms with E-state index in [1.165, 1.54) is 0 Å². The maximum absolute atomic E-state index is 12.0. The highest BCUT2D eigenvalue weighted by Gasteiger charge is 2.14. The highest BCUT2D eigenvalue weighted by molar-refractivity contribution is 5.93. The Hall–Kier alpha value is -2.53. The molecule has 96 valence electrons. The minimum absolute atomic E-state index is 0.375. The molecule has 2 aromatic carbocycles. The molecule has 0 saturated carbocycles. The molecule has 1 aliphatic heterocycles. The van der Waals surface area contributed by atoms with E-state index in [1.807, 2.05) is 25.1 Å². The van der Waals surface area contributed by atoms with Gasteiger partial charge in [-0.05, 0) is 37.3 Å². The van der Waals surface area contributed by atoms with E-state index in [-0.39, 0.29) is 5.97 Å².